The molecule has 0 aliphatic carbocycles. The van der Waals surface area contributed by atoms with Gasteiger partial charge in [-0.25, -0.2) is 0 Å². The van der Waals surface area contributed by atoms with E-state index in [2.05, 4.69) is 0 Å². The Hall–Kier alpha value is -3.61. The van der Waals surface area contributed by atoms with Crippen LogP contribution in [0.3, 0.4) is 0 Å². The maximum atomic E-state index is 13.2. The first-order valence-electron chi connectivity index (χ1n) is 12.1. The molecule has 3 aromatic carbocycles. The molecule has 0 aromatic heterocycles. The number of amides is 2. The van der Waals surface area contributed by atoms with Crippen LogP contribution >= 0.6 is 0 Å². The van der Waals surface area contributed by atoms with E-state index in [1.54, 1.807) is 15.9 Å². The smallest absolute Gasteiger partial charge is 0.332 e. The maximum Gasteiger partial charge on any atom is 0.416 e. The van der Waals surface area contributed by atoms with Gasteiger partial charge in [0.05, 0.1) is 18.2 Å². The number of carbonyl (C=O) groups excluding carboxylic acids is 2. The molecule has 7 heteroatoms. The molecule has 0 saturated carbocycles. The van der Waals surface area contributed by atoms with Crippen molar-refractivity contribution >= 4 is 11.8 Å². The Balaban J connectivity index is 1.48. The summed E-state index contributed by atoms with van der Waals surface area (Å²) in [7, 11) is 0. The maximum absolute atomic E-state index is 13.2. The number of carbonyl (C=O) groups is 2. The zero-order valence-electron chi connectivity index (χ0n) is 20.0. The van der Waals surface area contributed by atoms with Crippen molar-refractivity contribution in [2.24, 2.45) is 0 Å². The summed E-state index contributed by atoms with van der Waals surface area (Å²) in [5.74, 6) is -0.333. The Morgan fingerprint density at radius 2 is 1.44 bits per heavy atom. The van der Waals surface area contributed by atoms with Crippen LogP contribution in [0.15, 0.2) is 84.9 Å². The third-order valence-corrected chi connectivity index (χ3v) is 6.56. The monoisotopic (exact) mass is 494 g/mol. The molecule has 0 radical (unpaired) electrons. The van der Waals surface area contributed by atoms with Crippen LogP contribution in [0, 0.1) is 0 Å². The molecular formula is C29H29F3N2O2. The highest BCUT2D eigenvalue weighted by Crippen LogP contribution is 2.30. The lowest BCUT2D eigenvalue weighted by Gasteiger charge is -2.41. The minimum atomic E-state index is -4.45. The van der Waals surface area contributed by atoms with Gasteiger partial charge in [-0.3, -0.25) is 9.59 Å². The number of benzene rings is 3. The van der Waals surface area contributed by atoms with Crippen molar-refractivity contribution in [3.8, 4) is 0 Å². The summed E-state index contributed by atoms with van der Waals surface area (Å²) in [6, 6.07) is 24.3. The van der Waals surface area contributed by atoms with Gasteiger partial charge in [0, 0.05) is 19.5 Å². The topological polar surface area (TPSA) is 40.6 Å². The van der Waals surface area contributed by atoms with Gasteiger partial charge in [-0.1, -0.05) is 72.8 Å². The molecule has 1 heterocycles. The molecule has 4 nitrogen and oxygen atoms in total. The van der Waals surface area contributed by atoms with Crippen LogP contribution in [0.2, 0.25) is 0 Å². The zero-order valence-corrected chi connectivity index (χ0v) is 20.0. The Kier molecular flexibility index (Phi) is 8.08. The van der Waals surface area contributed by atoms with Gasteiger partial charge in [0.15, 0.2) is 0 Å². The molecule has 4 rings (SSSR count). The average molecular weight is 495 g/mol. The van der Waals surface area contributed by atoms with Crippen molar-refractivity contribution in [1.82, 2.24) is 9.80 Å². The zero-order chi connectivity index (χ0) is 25.5. The van der Waals surface area contributed by atoms with Crippen LogP contribution in [-0.2, 0) is 35.2 Å². The minimum Gasteiger partial charge on any atom is -0.332 e. The third-order valence-electron chi connectivity index (χ3n) is 6.56. The molecule has 0 bridgehead atoms. The lowest BCUT2D eigenvalue weighted by atomic mass is 10.00. The molecule has 1 aliphatic heterocycles. The summed E-state index contributed by atoms with van der Waals surface area (Å²) in [6.45, 7) is 0.383. The molecular weight excluding hydrogens is 465 g/mol. The Morgan fingerprint density at radius 3 is 2.08 bits per heavy atom. The van der Waals surface area contributed by atoms with E-state index in [1.165, 1.54) is 6.07 Å². The van der Waals surface area contributed by atoms with E-state index in [4.69, 9.17) is 0 Å². The van der Waals surface area contributed by atoms with E-state index in [1.807, 2.05) is 60.7 Å². The average Bonchev–Trinajstić information content (AvgIpc) is 2.88. The molecule has 0 spiro atoms. The lowest BCUT2D eigenvalue weighted by molar-refractivity contribution is -0.149. The Labute approximate surface area is 209 Å². The number of nitrogens with zero attached hydrogens (tertiary/aromatic N) is 2. The van der Waals surface area contributed by atoms with Gasteiger partial charge in [0.1, 0.15) is 0 Å². The van der Waals surface area contributed by atoms with Crippen molar-refractivity contribution in [2.45, 2.75) is 44.4 Å². The molecule has 36 heavy (non-hydrogen) atoms. The second-order valence-electron chi connectivity index (χ2n) is 9.16. The van der Waals surface area contributed by atoms with E-state index in [9.17, 15) is 22.8 Å². The van der Waals surface area contributed by atoms with Gasteiger partial charge in [-0.15, -0.1) is 0 Å². The van der Waals surface area contributed by atoms with Crippen LogP contribution in [0.4, 0.5) is 13.2 Å². The predicted octanol–water partition coefficient (Wildman–Crippen LogP) is 5.51. The second kappa shape index (κ2) is 11.4. The number of piperazine rings is 1. The van der Waals surface area contributed by atoms with Gasteiger partial charge in [0.2, 0.25) is 11.8 Å². The van der Waals surface area contributed by atoms with Crippen LogP contribution in [0.25, 0.3) is 0 Å². The van der Waals surface area contributed by atoms with Gasteiger partial charge in [0.25, 0.3) is 0 Å². The van der Waals surface area contributed by atoms with E-state index < -0.39 is 11.7 Å². The second-order valence-corrected chi connectivity index (χ2v) is 9.16. The van der Waals surface area contributed by atoms with Gasteiger partial charge in [-0.2, -0.15) is 13.2 Å². The number of alkyl halides is 3. The highest BCUT2D eigenvalue weighted by atomic mass is 19.4. The van der Waals surface area contributed by atoms with Crippen molar-refractivity contribution < 1.29 is 22.8 Å². The molecule has 188 valence electrons. The number of hydrogen-bond donors (Lipinski definition) is 0. The van der Waals surface area contributed by atoms with Crippen molar-refractivity contribution in [3.63, 3.8) is 0 Å². The van der Waals surface area contributed by atoms with Crippen LogP contribution in [0.1, 0.15) is 35.1 Å². The molecule has 3 aromatic rings. The fraction of sp³-hybridized carbons (Fsp3) is 0.310. The van der Waals surface area contributed by atoms with Gasteiger partial charge in [-0.05, 0) is 48.1 Å². The van der Waals surface area contributed by atoms with Gasteiger partial charge < -0.3 is 9.80 Å². The van der Waals surface area contributed by atoms with Crippen LogP contribution in [-0.4, -0.2) is 40.7 Å². The summed E-state index contributed by atoms with van der Waals surface area (Å²) in [5.41, 5.74) is 1.85. The number of rotatable bonds is 8. The SMILES string of the molecule is O=C(CCc1ccccc1)N1CC(=O)N(Cc2cccc(C(F)(F)F)c2)[C@@H](CCc2ccccc2)C1. The minimum absolute atomic E-state index is 0.0611. The molecule has 1 aliphatic rings. The summed E-state index contributed by atoms with van der Waals surface area (Å²) < 4.78 is 39.7. The first-order valence-corrected chi connectivity index (χ1v) is 12.1. The normalized spacial score (nSPS) is 16.3. The van der Waals surface area contributed by atoms with Gasteiger partial charge >= 0.3 is 6.18 Å². The highest BCUT2D eigenvalue weighted by molar-refractivity contribution is 5.86. The molecule has 1 fully saturated rings. The Morgan fingerprint density at radius 1 is 0.833 bits per heavy atom. The fourth-order valence-corrected chi connectivity index (χ4v) is 4.60. The molecule has 2 amide bonds. The van der Waals surface area contributed by atoms with E-state index in [0.29, 0.717) is 37.8 Å². The Bertz CT molecular complexity index is 1170. The number of aryl methyl sites for hydroxylation is 2. The summed E-state index contributed by atoms with van der Waals surface area (Å²) in [6.07, 6.45) is -2.25. The number of halogens is 3. The van der Waals surface area contributed by atoms with E-state index >= 15 is 0 Å². The van der Waals surface area contributed by atoms with Crippen molar-refractivity contribution in [1.29, 1.82) is 0 Å². The molecule has 0 N–H and O–H groups in total. The summed E-state index contributed by atoms with van der Waals surface area (Å²) >= 11 is 0. The van der Waals surface area contributed by atoms with E-state index in [0.717, 1.165) is 23.3 Å². The van der Waals surface area contributed by atoms with Crippen molar-refractivity contribution in [3.05, 3.63) is 107 Å². The molecule has 0 unspecified atom stereocenters. The van der Waals surface area contributed by atoms with Crippen LogP contribution < -0.4 is 0 Å². The standard InChI is InChI=1S/C29H29F3N2O2/c30-29(31,32)25-13-7-12-24(18-25)19-34-26(16-14-22-8-3-1-4-9-22)20-33(21-28(34)36)27(35)17-15-23-10-5-2-6-11-23/h1-13,18,26H,14-17,19-21H2/t26-/m0/s1. The first kappa shape index (κ1) is 25.5. The van der Waals surface area contributed by atoms with Crippen molar-refractivity contribution in [2.75, 3.05) is 13.1 Å². The van der Waals surface area contributed by atoms with E-state index in [-0.39, 0.29) is 30.9 Å². The quantitative estimate of drug-likeness (QED) is 0.414. The first-order chi connectivity index (χ1) is 17.3. The number of hydrogen-bond acceptors (Lipinski definition) is 2. The molecule has 1 atom stereocenters. The fourth-order valence-electron chi connectivity index (χ4n) is 4.60. The highest BCUT2D eigenvalue weighted by Gasteiger charge is 2.35. The predicted molar refractivity (Wildman–Crippen MR) is 132 cm³/mol. The summed E-state index contributed by atoms with van der Waals surface area (Å²) in [4.78, 5) is 29.4. The third kappa shape index (κ3) is 6.74. The van der Waals surface area contributed by atoms with Crippen LogP contribution in [0.5, 0.6) is 0 Å². The largest absolute Gasteiger partial charge is 0.416 e. The lowest BCUT2D eigenvalue weighted by Crippen LogP contribution is -2.57. The molecule has 1 saturated heterocycles. The summed E-state index contributed by atoms with van der Waals surface area (Å²) in [5, 5.41) is 0.